The van der Waals surface area contributed by atoms with Gasteiger partial charge in [-0.15, -0.1) is 0 Å². The molecule has 1 aliphatic rings. The molecule has 3 aromatic carbocycles. The molecule has 8 heteroatoms. The molecule has 0 unspecified atom stereocenters. The van der Waals surface area contributed by atoms with Crippen LogP contribution in [0.3, 0.4) is 0 Å². The van der Waals surface area contributed by atoms with E-state index in [0.29, 0.717) is 27.7 Å². The molecule has 2 N–H and O–H groups in total. The van der Waals surface area contributed by atoms with Gasteiger partial charge in [0.15, 0.2) is 6.61 Å². The number of carbonyl (C=O) groups excluding carboxylic acids is 3. The second-order valence-electron chi connectivity index (χ2n) is 7.38. The van der Waals surface area contributed by atoms with Gasteiger partial charge in [0.1, 0.15) is 11.4 Å². The number of benzene rings is 3. The summed E-state index contributed by atoms with van der Waals surface area (Å²) in [6, 6.07) is 20.2. The molecule has 1 heterocycles. The molecule has 166 valence electrons. The molecule has 1 aliphatic heterocycles. The largest absolute Gasteiger partial charge is 0.484 e. The van der Waals surface area contributed by atoms with E-state index in [-0.39, 0.29) is 18.2 Å². The third-order valence-electron chi connectivity index (χ3n) is 4.84. The number of hydrogen-bond acceptors (Lipinski definition) is 4. The minimum Gasteiger partial charge on any atom is -0.484 e. The summed E-state index contributed by atoms with van der Waals surface area (Å²) in [4.78, 5) is 38.1. The number of halogens is 1. The number of ether oxygens (including phenoxy) is 1. The van der Waals surface area contributed by atoms with Gasteiger partial charge in [0.25, 0.3) is 11.8 Å². The van der Waals surface area contributed by atoms with Crippen LogP contribution >= 0.6 is 11.6 Å². The zero-order valence-corrected chi connectivity index (χ0v) is 18.4. The highest BCUT2D eigenvalue weighted by Crippen LogP contribution is 2.25. The van der Waals surface area contributed by atoms with Crippen LogP contribution in [-0.4, -0.2) is 24.5 Å². The third-order valence-corrected chi connectivity index (χ3v) is 5.08. The van der Waals surface area contributed by atoms with Crippen molar-refractivity contribution < 1.29 is 19.1 Å². The molecule has 7 nitrogen and oxygen atoms in total. The number of amides is 4. The summed E-state index contributed by atoms with van der Waals surface area (Å²) in [5.74, 6) is -0.251. The van der Waals surface area contributed by atoms with Gasteiger partial charge in [0, 0.05) is 10.7 Å². The molecule has 1 fully saturated rings. The normalized spacial score (nSPS) is 14.4. The number of hydrogen-bond donors (Lipinski definition) is 2. The van der Waals surface area contributed by atoms with Crippen molar-refractivity contribution >= 4 is 46.9 Å². The number of carbonyl (C=O) groups is 3. The fourth-order valence-corrected chi connectivity index (χ4v) is 3.38. The highest BCUT2D eigenvalue weighted by atomic mass is 35.5. The Morgan fingerprint density at radius 3 is 2.48 bits per heavy atom. The van der Waals surface area contributed by atoms with Crippen molar-refractivity contribution in [2.24, 2.45) is 0 Å². The Labute approximate surface area is 195 Å². The summed E-state index contributed by atoms with van der Waals surface area (Å²) in [7, 11) is 0. The summed E-state index contributed by atoms with van der Waals surface area (Å²) in [6.07, 6.45) is 1.57. The molecule has 33 heavy (non-hydrogen) atoms. The van der Waals surface area contributed by atoms with Crippen molar-refractivity contribution in [3.8, 4) is 5.75 Å². The lowest BCUT2D eigenvalue weighted by Crippen LogP contribution is -2.30. The molecule has 0 aliphatic carbocycles. The smallest absolute Gasteiger partial charge is 0.333 e. The summed E-state index contributed by atoms with van der Waals surface area (Å²) >= 11 is 5.97. The molecule has 0 spiro atoms. The molecule has 0 aromatic heterocycles. The van der Waals surface area contributed by atoms with Crippen LogP contribution in [0.4, 0.5) is 16.2 Å². The van der Waals surface area contributed by atoms with Gasteiger partial charge in [-0.1, -0.05) is 47.5 Å². The minimum atomic E-state index is -0.548. The lowest BCUT2D eigenvalue weighted by atomic mass is 10.2. The quantitative estimate of drug-likeness (QED) is 0.409. The average Bonchev–Trinajstić information content (AvgIpc) is 3.07. The van der Waals surface area contributed by atoms with Gasteiger partial charge < -0.3 is 15.4 Å². The van der Waals surface area contributed by atoms with Crippen LogP contribution in [0.15, 0.2) is 78.5 Å². The zero-order valence-electron chi connectivity index (χ0n) is 17.7. The number of nitrogens with one attached hydrogen (secondary N) is 2. The maximum atomic E-state index is 12.7. The number of anilines is 2. The summed E-state index contributed by atoms with van der Waals surface area (Å²) in [5.41, 5.74) is 3.02. The van der Waals surface area contributed by atoms with Crippen LogP contribution in [0.25, 0.3) is 6.08 Å². The van der Waals surface area contributed by atoms with E-state index < -0.39 is 11.9 Å². The number of aryl methyl sites for hydroxylation is 1. The van der Waals surface area contributed by atoms with Crippen molar-refractivity contribution in [3.05, 3.63) is 94.6 Å². The Morgan fingerprint density at radius 2 is 1.79 bits per heavy atom. The number of imide groups is 1. The molecular formula is C25H20ClN3O4. The average molecular weight is 462 g/mol. The Balaban J connectivity index is 1.37. The first-order valence-corrected chi connectivity index (χ1v) is 10.5. The van der Waals surface area contributed by atoms with E-state index >= 15 is 0 Å². The molecule has 3 aromatic rings. The second-order valence-corrected chi connectivity index (χ2v) is 7.82. The molecular weight excluding hydrogens is 442 g/mol. The van der Waals surface area contributed by atoms with Gasteiger partial charge in [-0.3, -0.25) is 9.59 Å². The van der Waals surface area contributed by atoms with Crippen LogP contribution in [0.5, 0.6) is 5.75 Å². The van der Waals surface area contributed by atoms with Gasteiger partial charge in [0.05, 0.1) is 5.69 Å². The van der Waals surface area contributed by atoms with Gasteiger partial charge in [0.2, 0.25) is 0 Å². The van der Waals surface area contributed by atoms with E-state index in [4.69, 9.17) is 16.3 Å². The van der Waals surface area contributed by atoms with Crippen molar-refractivity contribution in [3.63, 3.8) is 0 Å². The van der Waals surface area contributed by atoms with E-state index in [1.54, 1.807) is 54.6 Å². The second kappa shape index (κ2) is 9.58. The SMILES string of the molecule is Cc1ccc(NC(=O)COc2ccc(/C=C3/NC(=O)N(c4cccc(Cl)c4)C3=O)cc2)cc1. The molecule has 0 bridgehead atoms. The molecule has 0 saturated carbocycles. The van der Waals surface area contributed by atoms with Crippen molar-refractivity contribution in [1.82, 2.24) is 5.32 Å². The molecule has 4 amide bonds. The number of rotatable bonds is 6. The lowest BCUT2D eigenvalue weighted by molar-refractivity contribution is -0.118. The van der Waals surface area contributed by atoms with Crippen molar-refractivity contribution in [2.45, 2.75) is 6.92 Å². The first kappa shape index (κ1) is 22.1. The number of nitrogens with zero attached hydrogens (tertiary/aromatic N) is 1. The van der Waals surface area contributed by atoms with E-state index in [1.807, 2.05) is 31.2 Å². The lowest BCUT2D eigenvalue weighted by Gasteiger charge is -2.11. The van der Waals surface area contributed by atoms with Crippen molar-refractivity contribution in [1.29, 1.82) is 0 Å². The molecule has 4 rings (SSSR count). The highest BCUT2D eigenvalue weighted by Gasteiger charge is 2.34. The van der Waals surface area contributed by atoms with E-state index in [0.717, 1.165) is 10.5 Å². The zero-order chi connectivity index (χ0) is 23.4. The van der Waals surface area contributed by atoms with Crippen LogP contribution in [-0.2, 0) is 9.59 Å². The van der Waals surface area contributed by atoms with E-state index in [2.05, 4.69) is 10.6 Å². The highest BCUT2D eigenvalue weighted by molar-refractivity contribution is 6.32. The molecule has 0 radical (unpaired) electrons. The first-order valence-electron chi connectivity index (χ1n) is 10.1. The molecule has 0 atom stereocenters. The van der Waals surface area contributed by atoms with Crippen LogP contribution < -0.4 is 20.3 Å². The van der Waals surface area contributed by atoms with Gasteiger partial charge >= 0.3 is 6.03 Å². The summed E-state index contributed by atoms with van der Waals surface area (Å²) in [5, 5.41) is 5.76. The summed E-state index contributed by atoms with van der Waals surface area (Å²) in [6.45, 7) is 1.83. The topological polar surface area (TPSA) is 87.7 Å². The monoisotopic (exact) mass is 461 g/mol. The van der Waals surface area contributed by atoms with Crippen LogP contribution in [0.1, 0.15) is 11.1 Å². The predicted molar refractivity (Wildman–Crippen MR) is 127 cm³/mol. The predicted octanol–water partition coefficient (Wildman–Crippen LogP) is 4.76. The van der Waals surface area contributed by atoms with E-state index in [9.17, 15) is 14.4 Å². The standard InChI is InChI=1S/C25H20ClN3O4/c1-16-5-9-19(10-6-16)27-23(30)15-33-21-11-7-17(8-12-21)13-22-24(31)29(25(32)28-22)20-4-2-3-18(26)14-20/h2-14H,15H2,1H3,(H,27,30)(H,28,32)/b22-13+. The minimum absolute atomic E-state index is 0.141. The molecule has 1 saturated heterocycles. The third kappa shape index (κ3) is 5.39. The summed E-state index contributed by atoms with van der Waals surface area (Å²) < 4.78 is 5.52. The van der Waals surface area contributed by atoms with Gasteiger partial charge in [-0.05, 0) is 61.0 Å². The Kier molecular flexibility index (Phi) is 6.42. The maximum absolute atomic E-state index is 12.7. The Bertz CT molecular complexity index is 1240. The van der Waals surface area contributed by atoms with Crippen molar-refractivity contribution in [2.75, 3.05) is 16.8 Å². The van der Waals surface area contributed by atoms with Gasteiger partial charge in [-0.2, -0.15) is 0 Å². The van der Waals surface area contributed by atoms with Crippen LogP contribution in [0.2, 0.25) is 5.02 Å². The number of urea groups is 1. The Morgan fingerprint density at radius 1 is 1.06 bits per heavy atom. The van der Waals surface area contributed by atoms with Gasteiger partial charge in [-0.25, -0.2) is 9.69 Å². The maximum Gasteiger partial charge on any atom is 0.333 e. The fraction of sp³-hybridized carbons (Fsp3) is 0.0800. The first-order chi connectivity index (χ1) is 15.9. The van der Waals surface area contributed by atoms with E-state index in [1.165, 1.54) is 0 Å². The van der Waals surface area contributed by atoms with Crippen LogP contribution in [0, 0.1) is 6.92 Å². The fourth-order valence-electron chi connectivity index (χ4n) is 3.19. The Hall–Kier alpha value is -4.10.